The molecule has 1 N–H and O–H groups in total. The van der Waals surface area contributed by atoms with Crippen molar-refractivity contribution < 1.29 is 14.3 Å². The first kappa shape index (κ1) is 12.2. The Balaban J connectivity index is 2.28. The zero-order valence-electron chi connectivity index (χ0n) is 9.62. The van der Waals surface area contributed by atoms with E-state index in [0.29, 0.717) is 11.4 Å². The topological polar surface area (TPSA) is 80.9 Å². The lowest BCUT2D eigenvalue weighted by Crippen LogP contribution is -2.23. The molecule has 0 saturated heterocycles. The molecule has 6 nitrogen and oxygen atoms in total. The first-order valence-electron chi connectivity index (χ1n) is 5.29. The molecular weight excluding hydrogens is 239 g/mol. The van der Waals surface area contributed by atoms with E-state index in [4.69, 9.17) is 0 Å². The van der Waals surface area contributed by atoms with E-state index in [-0.39, 0.29) is 6.42 Å². The van der Waals surface area contributed by atoms with Gasteiger partial charge in [-0.3, -0.25) is 0 Å². The number of aliphatic carboxylic acids is 1. The summed E-state index contributed by atoms with van der Waals surface area (Å²) in [5.74, 6) is -1.06. The highest BCUT2D eigenvalue weighted by Gasteiger charge is 2.23. The first-order chi connectivity index (χ1) is 8.58. The Bertz CT molecular complexity index is 570. The smallest absolute Gasteiger partial charge is 0.328 e. The van der Waals surface area contributed by atoms with Crippen LogP contribution in [0.3, 0.4) is 0 Å². The van der Waals surface area contributed by atoms with Crippen molar-refractivity contribution >= 4 is 5.97 Å². The molecule has 0 bridgehead atoms. The maximum atomic E-state index is 13.0. The molecule has 1 atom stereocenters. The van der Waals surface area contributed by atoms with Crippen LogP contribution in [0, 0.1) is 12.7 Å². The van der Waals surface area contributed by atoms with Gasteiger partial charge < -0.3 is 5.11 Å². The maximum Gasteiger partial charge on any atom is 0.328 e. The molecule has 2 aromatic rings. The highest BCUT2D eigenvalue weighted by Crippen LogP contribution is 2.15. The average Bonchev–Trinajstić information content (AvgIpc) is 2.72. The van der Waals surface area contributed by atoms with E-state index in [1.54, 1.807) is 13.0 Å². The van der Waals surface area contributed by atoms with Crippen LogP contribution in [0.25, 0.3) is 0 Å². The van der Waals surface area contributed by atoms with Gasteiger partial charge in [0, 0.05) is 6.42 Å². The fourth-order valence-electron chi connectivity index (χ4n) is 1.69. The van der Waals surface area contributed by atoms with Crippen LogP contribution >= 0.6 is 0 Å². The minimum absolute atomic E-state index is 0.124. The third kappa shape index (κ3) is 2.50. The number of aromatic nitrogens is 4. The van der Waals surface area contributed by atoms with Gasteiger partial charge in [-0.2, -0.15) is 0 Å². The fraction of sp³-hybridized carbons (Fsp3) is 0.273. The summed E-state index contributed by atoms with van der Waals surface area (Å²) < 4.78 is 14.3. The molecule has 0 amide bonds. The van der Waals surface area contributed by atoms with Gasteiger partial charge in [-0.25, -0.2) is 13.9 Å². The lowest BCUT2D eigenvalue weighted by atomic mass is 10.1. The Morgan fingerprint density at radius 2 is 2.33 bits per heavy atom. The molecule has 0 radical (unpaired) electrons. The van der Waals surface area contributed by atoms with Crippen LogP contribution in [-0.2, 0) is 11.2 Å². The molecule has 94 valence electrons. The molecule has 0 fully saturated rings. The molecule has 0 aliphatic heterocycles. The van der Waals surface area contributed by atoms with Crippen molar-refractivity contribution in [3.8, 4) is 0 Å². The minimum atomic E-state index is -1.06. The van der Waals surface area contributed by atoms with Crippen molar-refractivity contribution in [2.45, 2.75) is 19.4 Å². The van der Waals surface area contributed by atoms with Gasteiger partial charge in [0.25, 0.3) is 0 Å². The quantitative estimate of drug-likeness (QED) is 0.875. The molecule has 1 aromatic heterocycles. The number of carboxylic acid groups (broad SMARTS) is 1. The summed E-state index contributed by atoms with van der Waals surface area (Å²) in [5, 5.41) is 19.9. The average molecular weight is 250 g/mol. The highest BCUT2D eigenvalue weighted by atomic mass is 19.1. The SMILES string of the molecule is Cc1nnnn1[C@H](Cc1cccc(F)c1)C(=O)O. The van der Waals surface area contributed by atoms with Gasteiger partial charge in [0.15, 0.2) is 6.04 Å². The third-order valence-corrected chi connectivity index (χ3v) is 2.56. The normalized spacial score (nSPS) is 12.3. The van der Waals surface area contributed by atoms with Crippen LogP contribution in [0.5, 0.6) is 0 Å². The predicted molar refractivity (Wildman–Crippen MR) is 59.3 cm³/mol. The van der Waals surface area contributed by atoms with E-state index in [1.165, 1.54) is 22.9 Å². The van der Waals surface area contributed by atoms with Crippen molar-refractivity contribution in [2.24, 2.45) is 0 Å². The second-order valence-corrected chi connectivity index (χ2v) is 3.86. The van der Waals surface area contributed by atoms with Gasteiger partial charge in [0.05, 0.1) is 0 Å². The number of benzene rings is 1. The number of nitrogens with zero attached hydrogens (tertiary/aromatic N) is 4. The monoisotopic (exact) mass is 250 g/mol. The van der Waals surface area contributed by atoms with Gasteiger partial charge in [-0.05, 0) is 35.0 Å². The number of tetrazole rings is 1. The molecule has 1 aromatic carbocycles. The van der Waals surface area contributed by atoms with Gasteiger partial charge in [0.1, 0.15) is 11.6 Å². The van der Waals surface area contributed by atoms with E-state index in [9.17, 15) is 14.3 Å². The number of hydrogen-bond donors (Lipinski definition) is 1. The van der Waals surface area contributed by atoms with E-state index in [2.05, 4.69) is 15.5 Å². The fourth-order valence-corrected chi connectivity index (χ4v) is 1.69. The Morgan fingerprint density at radius 1 is 1.56 bits per heavy atom. The van der Waals surface area contributed by atoms with E-state index < -0.39 is 17.8 Å². The molecule has 0 spiro atoms. The number of hydrogen-bond acceptors (Lipinski definition) is 4. The van der Waals surface area contributed by atoms with Gasteiger partial charge >= 0.3 is 5.97 Å². The molecule has 0 aliphatic rings. The number of aryl methyl sites for hydroxylation is 1. The van der Waals surface area contributed by atoms with Gasteiger partial charge in [-0.15, -0.1) is 5.10 Å². The standard InChI is InChI=1S/C11H11FN4O2/c1-7-13-14-15-16(7)10(11(17)18)6-8-3-2-4-9(12)5-8/h2-5,10H,6H2,1H3,(H,17,18)/t10-/m1/s1. The molecule has 18 heavy (non-hydrogen) atoms. The van der Waals surface area contributed by atoms with Crippen molar-refractivity contribution in [1.82, 2.24) is 20.2 Å². The molecule has 1 heterocycles. The molecule has 0 unspecified atom stereocenters. The summed E-state index contributed by atoms with van der Waals surface area (Å²) in [6.45, 7) is 1.61. The second-order valence-electron chi connectivity index (χ2n) is 3.86. The van der Waals surface area contributed by atoms with Gasteiger partial charge in [-0.1, -0.05) is 12.1 Å². The van der Waals surface area contributed by atoms with Crippen LogP contribution in [-0.4, -0.2) is 31.3 Å². The Labute approximate surface area is 102 Å². The summed E-state index contributed by atoms with van der Waals surface area (Å²) in [6.07, 6.45) is 0.124. The number of carboxylic acids is 1. The summed E-state index contributed by atoms with van der Waals surface area (Å²) >= 11 is 0. The van der Waals surface area contributed by atoms with Crippen LogP contribution in [0.1, 0.15) is 17.4 Å². The molecule has 0 aliphatic carbocycles. The molecule has 2 rings (SSSR count). The van der Waals surface area contributed by atoms with E-state index >= 15 is 0 Å². The summed E-state index contributed by atoms with van der Waals surface area (Å²) in [4.78, 5) is 11.2. The maximum absolute atomic E-state index is 13.0. The van der Waals surface area contributed by atoms with E-state index in [0.717, 1.165) is 0 Å². The summed E-state index contributed by atoms with van der Waals surface area (Å²) in [6, 6.07) is 4.87. The van der Waals surface area contributed by atoms with E-state index in [1.807, 2.05) is 0 Å². The lowest BCUT2D eigenvalue weighted by molar-refractivity contribution is -0.141. The number of carbonyl (C=O) groups is 1. The number of halogens is 1. The molecular formula is C11H11FN4O2. The Hall–Kier alpha value is -2.31. The van der Waals surface area contributed by atoms with Gasteiger partial charge in [0.2, 0.25) is 0 Å². The second kappa shape index (κ2) is 4.91. The molecule has 7 heteroatoms. The zero-order valence-corrected chi connectivity index (χ0v) is 9.62. The lowest BCUT2D eigenvalue weighted by Gasteiger charge is -2.12. The third-order valence-electron chi connectivity index (χ3n) is 2.56. The van der Waals surface area contributed by atoms with Crippen LogP contribution < -0.4 is 0 Å². The van der Waals surface area contributed by atoms with Crippen molar-refractivity contribution in [3.63, 3.8) is 0 Å². The number of rotatable bonds is 4. The zero-order chi connectivity index (χ0) is 13.1. The van der Waals surface area contributed by atoms with Crippen LogP contribution in [0.2, 0.25) is 0 Å². The summed E-state index contributed by atoms with van der Waals surface area (Å²) in [7, 11) is 0. The Kier molecular flexibility index (Phi) is 3.31. The van der Waals surface area contributed by atoms with Crippen LogP contribution in [0.15, 0.2) is 24.3 Å². The van der Waals surface area contributed by atoms with Crippen LogP contribution in [0.4, 0.5) is 4.39 Å². The van der Waals surface area contributed by atoms with Crippen molar-refractivity contribution in [3.05, 3.63) is 41.5 Å². The minimum Gasteiger partial charge on any atom is -0.480 e. The van der Waals surface area contributed by atoms with Crippen molar-refractivity contribution in [2.75, 3.05) is 0 Å². The molecule has 0 saturated carbocycles. The first-order valence-corrected chi connectivity index (χ1v) is 5.29. The van der Waals surface area contributed by atoms with Crippen molar-refractivity contribution in [1.29, 1.82) is 0 Å². The highest BCUT2D eigenvalue weighted by molar-refractivity contribution is 5.72. The Morgan fingerprint density at radius 3 is 2.89 bits per heavy atom. The summed E-state index contributed by atoms with van der Waals surface area (Å²) in [5.41, 5.74) is 0.581. The largest absolute Gasteiger partial charge is 0.480 e. The predicted octanol–water partition coefficient (Wildman–Crippen LogP) is 0.989.